The Morgan fingerprint density at radius 2 is 1.00 bits per heavy atom. The maximum absolute atomic E-state index is 3.28. The molecule has 108 valence electrons. The summed E-state index contributed by atoms with van der Waals surface area (Å²) in [5.74, 6) is 0. The van der Waals surface area contributed by atoms with Crippen LogP contribution in [0.5, 0.6) is 0 Å². The molecular formula is C18H26N2. The van der Waals surface area contributed by atoms with Gasteiger partial charge in [-0.2, -0.15) is 0 Å². The van der Waals surface area contributed by atoms with Crippen molar-refractivity contribution in [2.45, 2.75) is 27.7 Å². The third-order valence-corrected chi connectivity index (χ3v) is 3.02. The normalized spacial score (nSPS) is 9.40. The number of rotatable bonds is 4. The van der Waals surface area contributed by atoms with E-state index in [1.165, 1.54) is 22.5 Å². The van der Waals surface area contributed by atoms with Crippen LogP contribution in [0.3, 0.4) is 0 Å². The summed E-state index contributed by atoms with van der Waals surface area (Å²) in [6.45, 7) is 10.4. The van der Waals surface area contributed by atoms with E-state index in [4.69, 9.17) is 0 Å². The van der Waals surface area contributed by atoms with Crippen molar-refractivity contribution in [3.8, 4) is 0 Å². The van der Waals surface area contributed by atoms with Crippen molar-refractivity contribution in [1.82, 2.24) is 0 Å². The molecule has 2 rings (SSSR count). The van der Waals surface area contributed by atoms with Gasteiger partial charge in [0.1, 0.15) is 0 Å². The third kappa shape index (κ3) is 5.35. The van der Waals surface area contributed by atoms with Crippen LogP contribution in [0.15, 0.2) is 48.5 Å². The first-order valence-electron chi connectivity index (χ1n) is 7.28. The number of anilines is 2. The van der Waals surface area contributed by atoms with Crippen LogP contribution in [-0.2, 0) is 0 Å². The monoisotopic (exact) mass is 270 g/mol. The average Bonchev–Trinajstić information content (AvgIpc) is 2.45. The second-order valence-electron chi connectivity index (χ2n) is 4.69. The second kappa shape index (κ2) is 9.03. The zero-order valence-corrected chi connectivity index (χ0v) is 13.0. The fourth-order valence-corrected chi connectivity index (χ4v) is 1.92. The molecule has 2 aromatic carbocycles. The van der Waals surface area contributed by atoms with Gasteiger partial charge in [0.25, 0.3) is 0 Å². The SMILES string of the molecule is CCNc1ccccc1C.CCNc1ccccc1C. The summed E-state index contributed by atoms with van der Waals surface area (Å²) in [6.07, 6.45) is 0. The zero-order chi connectivity index (χ0) is 14.8. The summed E-state index contributed by atoms with van der Waals surface area (Å²) in [5, 5.41) is 6.55. The molecule has 0 aliphatic heterocycles. The minimum absolute atomic E-state index is 0.991. The molecule has 2 N–H and O–H groups in total. The molecule has 20 heavy (non-hydrogen) atoms. The van der Waals surface area contributed by atoms with Crippen molar-refractivity contribution in [1.29, 1.82) is 0 Å². The standard InChI is InChI=1S/2C9H13N/c2*1-3-10-9-7-5-4-6-8(9)2/h2*4-7,10H,3H2,1-2H3. The van der Waals surface area contributed by atoms with Gasteiger partial charge in [-0.25, -0.2) is 0 Å². The molecule has 0 fully saturated rings. The Labute approximate surface area is 123 Å². The van der Waals surface area contributed by atoms with Crippen molar-refractivity contribution in [2.24, 2.45) is 0 Å². The van der Waals surface area contributed by atoms with Crippen molar-refractivity contribution in [2.75, 3.05) is 23.7 Å². The molecule has 0 unspecified atom stereocenters. The van der Waals surface area contributed by atoms with Gasteiger partial charge < -0.3 is 10.6 Å². The lowest BCUT2D eigenvalue weighted by Crippen LogP contribution is -1.97. The van der Waals surface area contributed by atoms with Crippen LogP contribution in [0.1, 0.15) is 25.0 Å². The lowest BCUT2D eigenvalue weighted by Gasteiger charge is -2.04. The highest BCUT2D eigenvalue weighted by atomic mass is 14.9. The maximum Gasteiger partial charge on any atom is 0.0369 e. The molecule has 0 bridgehead atoms. The first-order chi connectivity index (χ1) is 9.69. The minimum Gasteiger partial charge on any atom is -0.385 e. The van der Waals surface area contributed by atoms with Gasteiger partial charge in [0.15, 0.2) is 0 Å². The molecule has 2 nitrogen and oxygen atoms in total. The molecule has 0 radical (unpaired) electrons. The predicted molar refractivity (Wildman–Crippen MR) is 90.7 cm³/mol. The van der Waals surface area contributed by atoms with E-state index >= 15 is 0 Å². The number of hydrogen-bond donors (Lipinski definition) is 2. The maximum atomic E-state index is 3.28. The second-order valence-corrected chi connectivity index (χ2v) is 4.69. The molecule has 0 saturated carbocycles. The number of nitrogens with one attached hydrogen (secondary N) is 2. The van der Waals surface area contributed by atoms with Gasteiger partial charge >= 0.3 is 0 Å². The summed E-state index contributed by atoms with van der Waals surface area (Å²) in [7, 11) is 0. The van der Waals surface area contributed by atoms with Gasteiger partial charge in [0, 0.05) is 24.5 Å². The smallest absolute Gasteiger partial charge is 0.0369 e. The van der Waals surface area contributed by atoms with Crippen LogP contribution < -0.4 is 10.6 Å². The van der Waals surface area contributed by atoms with Crippen LogP contribution in [-0.4, -0.2) is 13.1 Å². The average molecular weight is 270 g/mol. The van der Waals surface area contributed by atoms with E-state index in [9.17, 15) is 0 Å². The van der Waals surface area contributed by atoms with Crippen molar-refractivity contribution >= 4 is 11.4 Å². The van der Waals surface area contributed by atoms with E-state index in [2.05, 4.69) is 74.7 Å². The largest absolute Gasteiger partial charge is 0.385 e. The number of benzene rings is 2. The summed E-state index contributed by atoms with van der Waals surface area (Å²) < 4.78 is 0. The number of para-hydroxylation sites is 2. The van der Waals surface area contributed by atoms with E-state index in [-0.39, 0.29) is 0 Å². The Morgan fingerprint density at radius 1 is 0.650 bits per heavy atom. The van der Waals surface area contributed by atoms with Crippen molar-refractivity contribution in [3.05, 3.63) is 59.7 Å². The summed E-state index contributed by atoms with van der Waals surface area (Å²) in [5.41, 5.74) is 5.10. The third-order valence-electron chi connectivity index (χ3n) is 3.02. The van der Waals surface area contributed by atoms with Gasteiger partial charge in [-0.3, -0.25) is 0 Å². The lowest BCUT2D eigenvalue weighted by atomic mass is 10.2. The molecular weight excluding hydrogens is 244 g/mol. The van der Waals surface area contributed by atoms with E-state index in [1.54, 1.807) is 0 Å². The summed E-state index contributed by atoms with van der Waals surface area (Å²) in [4.78, 5) is 0. The zero-order valence-electron chi connectivity index (χ0n) is 13.0. The molecule has 0 saturated heterocycles. The van der Waals surface area contributed by atoms with Crippen molar-refractivity contribution < 1.29 is 0 Å². The predicted octanol–water partition coefficient (Wildman–Crippen LogP) is 4.85. The van der Waals surface area contributed by atoms with Crippen molar-refractivity contribution in [3.63, 3.8) is 0 Å². The molecule has 0 amide bonds. The Morgan fingerprint density at radius 3 is 1.30 bits per heavy atom. The van der Waals surface area contributed by atoms with E-state index in [0.717, 1.165) is 13.1 Å². The Kier molecular flexibility index (Phi) is 7.26. The first kappa shape index (κ1) is 16.1. The molecule has 0 heterocycles. The molecule has 2 aromatic rings. The van der Waals surface area contributed by atoms with Gasteiger partial charge in [-0.15, -0.1) is 0 Å². The van der Waals surface area contributed by atoms with Gasteiger partial charge in [0.2, 0.25) is 0 Å². The quantitative estimate of drug-likeness (QED) is 0.829. The topological polar surface area (TPSA) is 24.1 Å². The van der Waals surface area contributed by atoms with Gasteiger partial charge in [-0.1, -0.05) is 36.4 Å². The number of hydrogen-bond acceptors (Lipinski definition) is 2. The lowest BCUT2D eigenvalue weighted by molar-refractivity contribution is 1.20. The molecule has 0 aliphatic rings. The fourth-order valence-electron chi connectivity index (χ4n) is 1.92. The highest BCUT2D eigenvalue weighted by molar-refractivity contribution is 5.50. The van der Waals surface area contributed by atoms with Crippen LogP contribution in [0.2, 0.25) is 0 Å². The summed E-state index contributed by atoms with van der Waals surface area (Å²) >= 11 is 0. The van der Waals surface area contributed by atoms with Gasteiger partial charge in [-0.05, 0) is 51.0 Å². The molecule has 0 aromatic heterocycles. The minimum atomic E-state index is 0.991. The summed E-state index contributed by atoms with van der Waals surface area (Å²) in [6, 6.07) is 16.6. The highest BCUT2D eigenvalue weighted by Gasteiger charge is 1.91. The Hall–Kier alpha value is -1.96. The van der Waals surface area contributed by atoms with Gasteiger partial charge in [0.05, 0.1) is 0 Å². The van der Waals surface area contributed by atoms with Crippen LogP contribution in [0.25, 0.3) is 0 Å². The van der Waals surface area contributed by atoms with E-state index < -0.39 is 0 Å². The first-order valence-corrected chi connectivity index (χ1v) is 7.28. The Balaban J connectivity index is 0.000000200. The Bertz CT molecular complexity index is 459. The van der Waals surface area contributed by atoms with E-state index in [0.29, 0.717) is 0 Å². The molecule has 0 atom stereocenters. The fraction of sp³-hybridized carbons (Fsp3) is 0.333. The van der Waals surface area contributed by atoms with Crippen LogP contribution in [0, 0.1) is 13.8 Å². The molecule has 0 aliphatic carbocycles. The molecule has 2 heteroatoms. The highest BCUT2D eigenvalue weighted by Crippen LogP contribution is 2.12. The number of aryl methyl sites for hydroxylation is 2. The van der Waals surface area contributed by atoms with E-state index in [1.807, 2.05) is 12.1 Å². The molecule has 0 spiro atoms. The van der Waals surface area contributed by atoms with Crippen LogP contribution in [0.4, 0.5) is 11.4 Å². The van der Waals surface area contributed by atoms with Crippen LogP contribution >= 0.6 is 0 Å².